The van der Waals surface area contributed by atoms with Gasteiger partial charge in [0.15, 0.2) is 0 Å². The number of anilines is 2. The first-order valence-electron chi connectivity index (χ1n) is 5.74. The first kappa shape index (κ1) is 12.6. The monoisotopic (exact) mass is 300 g/mol. The van der Waals surface area contributed by atoms with Gasteiger partial charge >= 0.3 is 0 Å². The van der Waals surface area contributed by atoms with Crippen molar-refractivity contribution < 1.29 is 4.74 Å². The van der Waals surface area contributed by atoms with Crippen LogP contribution >= 0.6 is 15.9 Å². The molecular weight excluding hydrogens is 284 g/mol. The summed E-state index contributed by atoms with van der Waals surface area (Å²) in [5.41, 5.74) is 0.883. The Balaban J connectivity index is 2.35. The van der Waals surface area contributed by atoms with Crippen LogP contribution in [0.1, 0.15) is 18.5 Å². The van der Waals surface area contributed by atoms with Gasteiger partial charge in [0.1, 0.15) is 5.82 Å². The van der Waals surface area contributed by atoms with Crippen molar-refractivity contribution in [3.05, 3.63) is 10.2 Å². The fourth-order valence-corrected chi connectivity index (χ4v) is 2.43. The Hall–Kier alpha value is -0.880. The molecule has 1 fully saturated rings. The van der Waals surface area contributed by atoms with Crippen molar-refractivity contribution in [1.29, 1.82) is 0 Å². The molecule has 94 valence electrons. The number of aromatic nitrogens is 2. The molecule has 1 aliphatic rings. The lowest BCUT2D eigenvalue weighted by molar-refractivity contribution is 0.181. The topological polar surface area (TPSA) is 50.3 Å². The maximum absolute atomic E-state index is 5.16. The number of hydrogen-bond donors (Lipinski definition) is 1. The van der Waals surface area contributed by atoms with Crippen LogP contribution in [0.2, 0.25) is 0 Å². The molecule has 0 amide bonds. The third kappa shape index (κ3) is 2.69. The molecule has 1 aromatic heterocycles. The SMILES string of the molecule is CNc1nc(N2CCCC2)nc(COC)c1Br. The molecule has 17 heavy (non-hydrogen) atoms. The van der Waals surface area contributed by atoms with Crippen molar-refractivity contribution in [3.8, 4) is 0 Å². The van der Waals surface area contributed by atoms with Crippen LogP contribution in [0.25, 0.3) is 0 Å². The van der Waals surface area contributed by atoms with Gasteiger partial charge in [-0.15, -0.1) is 0 Å². The lowest BCUT2D eigenvalue weighted by Crippen LogP contribution is -2.21. The van der Waals surface area contributed by atoms with E-state index in [9.17, 15) is 0 Å². The first-order chi connectivity index (χ1) is 8.26. The highest BCUT2D eigenvalue weighted by atomic mass is 79.9. The van der Waals surface area contributed by atoms with Crippen LogP contribution in [0.5, 0.6) is 0 Å². The third-order valence-electron chi connectivity index (χ3n) is 2.81. The molecule has 1 aliphatic heterocycles. The fraction of sp³-hybridized carbons (Fsp3) is 0.636. The number of halogens is 1. The minimum absolute atomic E-state index is 0.485. The summed E-state index contributed by atoms with van der Waals surface area (Å²) in [5.74, 6) is 1.61. The number of nitrogens with zero attached hydrogens (tertiary/aromatic N) is 3. The van der Waals surface area contributed by atoms with Crippen LogP contribution < -0.4 is 10.2 Å². The van der Waals surface area contributed by atoms with Crippen molar-refractivity contribution in [2.45, 2.75) is 19.4 Å². The molecule has 1 N–H and O–H groups in total. The van der Waals surface area contributed by atoms with Gasteiger partial charge < -0.3 is 15.0 Å². The number of ether oxygens (including phenoxy) is 1. The number of methoxy groups -OCH3 is 1. The van der Waals surface area contributed by atoms with Crippen LogP contribution in [0, 0.1) is 0 Å². The summed E-state index contributed by atoms with van der Waals surface area (Å²) in [7, 11) is 3.53. The summed E-state index contributed by atoms with van der Waals surface area (Å²) in [5, 5.41) is 3.08. The summed E-state index contributed by atoms with van der Waals surface area (Å²) in [6.07, 6.45) is 2.43. The molecule has 0 radical (unpaired) electrons. The van der Waals surface area contributed by atoms with Gasteiger partial charge in [0.2, 0.25) is 5.95 Å². The number of rotatable bonds is 4. The number of nitrogens with one attached hydrogen (secondary N) is 1. The van der Waals surface area contributed by atoms with E-state index in [4.69, 9.17) is 4.74 Å². The van der Waals surface area contributed by atoms with E-state index in [0.29, 0.717) is 6.61 Å². The maximum atomic E-state index is 5.16. The quantitative estimate of drug-likeness (QED) is 0.922. The van der Waals surface area contributed by atoms with Gasteiger partial charge in [-0.2, -0.15) is 4.98 Å². The van der Waals surface area contributed by atoms with Gasteiger partial charge in [0, 0.05) is 27.2 Å². The van der Waals surface area contributed by atoms with Crippen molar-refractivity contribution in [3.63, 3.8) is 0 Å². The first-order valence-corrected chi connectivity index (χ1v) is 6.53. The molecule has 0 atom stereocenters. The Morgan fingerprint density at radius 3 is 2.65 bits per heavy atom. The lowest BCUT2D eigenvalue weighted by Gasteiger charge is -2.18. The largest absolute Gasteiger partial charge is 0.378 e. The zero-order valence-corrected chi connectivity index (χ0v) is 11.7. The highest BCUT2D eigenvalue weighted by molar-refractivity contribution is 9.10. The molecular formula is C11H17BrN4O. The van der Waals surface area contributed by atoms with Gasteiger partial charge in [-0.05, 0) is 28.8 Å². The zero-order chi connectivity index (χ0) is 12.3. The predicted molar refractivity (Wildman–Crippen MR) is 71.4 cm³/mol. The van der Waals surface area contributed by atoms with E-state index in [2.05, 4.69) is 36.1 Å². The highest BCUT2D eigenvalue weighted by Gasteiger charge is 2.18. The molecule has 2 heterocycles. The maximum Gasteiger partial charge on any atom is 0.227 e. The van der Waals surface area contributed by atoms with Crippen LogP contribution in [0.3, 0.4) is 0 Å². The Morgan fingerprint density at radius 1 is 1.35 bits per heavy atom. The van der Waals surface area contributed by atoms with Crippen molar-refractivity contribution in [1.82, 2.24) is 9.97 Å². The van der Waals surface area contributed by atoms with Crippen LogP contribution in [-0.4, -0.2) is 37.2 Å². The second kappa shape index (κ2) is 5.64. The zero-order valence-electron chi connectivity index (χ0n) is 10.2. The Bertz CT molecular complexity index is 393. The average Bonchev–Trinajstić information content (AvgIpc) is 2.85. The van der Waals surface area contributed by atoms with Gasteiger partial charge in [-0.25, -0.2) is 4.98 Å². The van der Waals surface area contributed by atoms with Crippen molar-refractivity contribution >= 4 is 27.7 Å². The van der Waals surface area contributed by atoms with Gasteiger partial charge in [0.05, 0.1) is 16.8 Å². The molecule has 0 unspecified atom stereocenters. The van der Waals surface area contributed by atoms with Gasteiger partial charge in [0.25, 0.3) is 0 Å². The van der Waals surface area contributed by atoms with Crippen LogP contribution in [0.4, 0.5) is 11.8 Å². The third-order valence-corrected chi connectivity index (χ3v) is 3.65. The molecule has 0 aromatic carbocycles. The second-order valence-electron chi connectivity index (χ2n) is 4.01. The minimum atomic E-state index is 0.485. The highest BCUT2D eigenvalue weighted by Crippen LogP contribution is 2.27. The van der Waals surface area contributed by atoms with Crippen molar-refractivity contribution in [2.24, 2.45) is 0 Å². The summed E-state index contributed by atoms with van der Waals surface area (Å²) in [6.45, 7) is 2.56. The Morgan fingerprint density at radius 2 is 2.06 bits per heavy atom. The minimum Gasteiger partial charge on any atom is -0.378 e. The molecule has 1 saturated heterocycles. The summed E-state index contributed by atoms with van der Waals surface area (Å²) >= 11 is 3.50. The second-order valence-corrected chi connectivity index (χ2v) is 4.80. The fourth-order valence-electron chi connectivity index (χ4n) is 1.94. The summed E-state index contributed by atoms with van der Waals surface area (Å²) in [4.78, 5) is 11.3. The van der Waals surface area contributed by atoms with Gasteiger partial charge in [-0.3, -0.25) is 0 Å². The van der Waals surface area contributed by atoms with E-state index < -0.39 is 0 Å². The van der Waals surface area contributed by atoms with Gasteiger partial charge in [-0.1, -0.05) is 0 Å². The van der Waals surface area contributed by atoms with Crippen molar-refractivity contribution in [2.75, 3.05) is 37.5 Å². The Labute approximate surface area is 110 Å². The van der Waals surface area contributed by atoms with E-state index in [-0.39, 0.29) is 0 Å². The van der Waals surface area contributed by atoms with E-state index in [1.165, 1.54) is 12.8 Å². The van der Waals surface area contributed by atoms with E-state index in [1.54, 1.807) is 7.11 Å². The molecule has 0 spiro atoms. The molecule has 2 rings (SSSR count). The smallest absolute Gasteiger partial charge is 0.227 e. The van der Waals surface area contributed by atoms with E-state index in [1.807, 2.05) is 7.05 Å². The normalized spacial score (nSPS) is 15.4. The molecule has 1 aromatic rings. The molecule has 0 aliphatic carbocycles. The summed E-state index contributed by atoms with van der Waals surface area (Å²) in [6, 6.07) is 0. The standard InChI is InChI=1S/C11H17BrN4O/c1-13-10-9(12)8(7-17-2)14-11(15-10)16-5-3-4-6-16/h3-7H2,1-2H3,(H,13,14,15). The van der Waals surface area contributed by atoms with E-state index in [0.717, 1.165) is 35.0 Å². The van der Waals surface area contributed by atoms with E-state index >= 15 is 0 Å². The molecule has 0 bridgehead atoms. The van der Waals surface area contributed by atoms with Crippen LogP contribution in [0.15, 0.2) is 4.47 Å². The molecule has 0 saturated carbocycles. The lowest BCUT2D eigenvalue weighted by atomic mass is 10.4. The Kier molecular flexibility index (Phi) is 4.17. The summed E-state index contributed by atoms with van der Waals surface area (Å²) < 4.78 is 6.04. The average molecular weight is 301 g/mol. The molecule has 6 heteroatoms. The molecule has 5 nitrogen and oxygen atoms in total. The van der Waals surface area contributed by atoms with Crippen LogP contribution in [-0.2, 0) is 11.3 Å². The number of hydrogen-bond acceptors (Lipinski definition) is 5. The predicted octanol–water partition coefficient (Wildman–Crippen LogP) is 2.03.